The zero-order chi connectivity index (χ0) is 12.8. The largest absolute Gasteiger partial charge is 0.336 e. The van der Waals surface area contributed by atoms with Crippen molar-refractivity contribution < 1.29 is 0 Å². The second-order valence-corrected chi connectivity index (χ2v) is 5.05. The number of rotatable bonds is 1. The Balaban J connectivity index is 1.82. The fourth-order valence-electron chi connectivity index (χ4n) is 2.95. The molecule has 3 nitrogen and oxygen atoms in total. The molecule has 0 N–H and O–H groups in total. The van der Waals surface area contributed by atoms with Crippen LogP contribution in [0.3, 0.4) is 0 Å². The van der Waals surface area contributed by atoms with E-state index in [-0.39, 0.29) is 0 Å². The highest BCUT2D eigenvalue weighted by molar-refractivity contribution is 5.79. The van der Waals surface area contributed by atoms with Crippen LogP contribution in [0.15, 0.2) is 54.6 Å². The fraction of sp³-hybridized carbons (Fsp3) is 0.188. The van der Waals surface area contributed by atoms with Gasteiger partial charge >= 0.3 is 0 Å². The van der Waals surface area contributed by atoms with Crippen LogP contribution >= 0.6 is 0 Å². The second kappa shape index (κ2) is 3.85. The van der Waals surface area contributed by atoms with Gasteiger partial charge in [0.2, 0.25) is 5.95 Å². The first-order valence-electron chi connectivity index (χ1n) is 6.57. The Hall–Kier alpha value is -2.29. The van der Waals surface area contributed by atoms with Crippen LogP contribution in [0.4, 0.5) is 5.95 Å². The summed E-state index contributed by atoms with van der Waals surface area (Å²) >= 11 is 0. The van der Waals surface area contributed by atoms with Gasteiger partial charge in [-0.25, -0.2) is 4.98 Å². The van der Waals surface area contributed by atoms with E-state index in [4.69, 9.17) is 4.98 Å². The highest BCUT2D eigenvalue weighted by atomic mass is 15.4. The number of anilines is 1. The zero-order valence-electron chi connectivity index (χ0n) is 10.8. The number of aromatic nitrogens is 2. The van der Waals surface area contributed by atoms with Crippen LogP contribution in [0.2, 0.25) is 0 Å². The van der Waals surface area contributed by atoms with Crippen molar-refractivity contribution in [2.45, 2.75) is 12.6 Å². The van der Waals surface area contributed by atoms with Gasteiger partial charge in [-0.15, -0.1) is 0 Å². The number of benzene rings is 2. The van der Waals surface area contributed by atoms with E-state index >= 15 is 0 Å². The molecule has 19 heavy (non-hydrogen) atoms. The quantitative estimate of drug-likeness (QED) is 0.660. The maximum atomic E-state index is 4.74. The van der Waals surface area contributed by atoms with Crippen LogP contribution in [-0.4, -0.2) is 16.6 Å². The van der Waals surface area contributed by atoms with E-state index in [0.29, 0.717) is 6.04 Å². The van der Waals surface area contributed by atoms with Gasteiger partial charge in [0, 0.05) is 7.05 Å². The lowest BCUT2D eigenvalue weighted by molar-refractivity contribution is 0.648. The number of nitrogens with zero attached hydrogens (tertiary/aromatic N) is 3. The minimum Gasteiger partial charge on any atom is -0.336 e. The Morgan fingerprint density at radius 1 is 1.00 bits per heavy atom. The number of likely N-dealkylation sites (N-methyl/N-ethyl adjacent to an activating group) is 1. The first-order valence-corrected chi connectivity index (χ1v) is 6.57. The Morgan fingerprint density at radius 3 is 2.58 bits per heavy atom. The van der Waals surface area contributed by atoms with E-state index in [1.54, 1.807) is 0 Å². The van der Waals surface area contributed by atoms with E-state index in [1.807, 2.05) is 6.07 Å². The third-order valence-electron chi connectivity index (χ3n) is 3.96. The van der Waals surface area contributed by atoms with Crippen molar-refractivity contribution in [3.05, 3.63) is 60.2 Å². The van der Waals surface area contributed by atoms with Gasteiger partial charge in [-0.3, -0.25) is 0 Å². The van der Waals surface area contributed by atoms with E-state index in [0.717, 1.165) is 18.0 Å². The summed E-state index contributed by atoms with van der Waals surface area (Å²) in [5.74, 6) is 1.06. The third kappa shape index (κ3) is 1.48. The average Bonchev–Trinajstić information content (AvgIpc) is 2.98. The van der Waals surface area contributed by atoms with E-state index < -0.39 is 0 Å². The van der Waals surface area contributed by atoms with E-state index in [2.05, 4.69) is 65.0 Å². The SMILES string of the molecule is CN1c2nc3ccccc3n2CC1c1ccccc1. The molecule has 1 unspecified atom stereocenters. The van der Waals surface area contributed by atoms with Crippen molar-refractivity contribution in [1.82, 2.24) is 9.55 Å². The first kappa shape index (κ1) is 10.6. The Bertz CT molecular complexity index is 730. The molecule has 1 atom stereocenters. The minimum absolute atomic E-state index is 0.383. The summed E-state index contributed by atoms with van der Waals surface area (Å²) in [5, 5.41) is 0. The maximum absolute atomic E-state index is 4.74. The van der Waals surface area contributed by atoms with Gasteiger partial charge in [-0.1, -0.05) is 42.5 Å². The summed E-state index contributed by atoms with van der Waals surface area (Å²) in [6.07, 6.45) is 0. The maximum Gasteiger partial charge on any atom is 0.206 e. The molecule has 0 spiro atoms. The average molecular weight is 249 g/mol. The predicted molar refractivity (Wildman–Crippen MR) is 77.3 cm³/mol. The molecule has 3 aromatic rings. The molecule has 0 amide bonds. The third-order valence-corrected chi connectivity index (χ3v) is 3.96. The van der Waals surface area contributed by atoms with Crippen LogP contribution in [0.5, 0.6) is 0 Å². The summed E-state index contributed by atoms with van der Waals surface area (Å²) in [7, 11) is 2.13. The predicted octanol–water partition coefficient (Wildman–Crippen LogP) is 3.23. The molecule has 2 aromatic carbocycles. The molecule has 0 aliphatic carbocycles. The Morgan fingerprint density at radius 2 is 1.74 bits per heavy atom. The van der Waals surface area contributed by atoms with E-state index in [9.17, 15) is 0 Å². The molecule has 0 saturated carbocycles. The lowest BCUT2D eigenvalue weighted by Gasteiger charge is -2.20. The molecule has 0 radical (unpaired) electrons. The number of hydrogen-bond donors (Lipinski definition) is 0. The minimum atomic E-state index is 0.383. The highest BCUT2D eigenvalue weighted by Gasteiger charge is 2.30. The molecule has 0 bridgehead atoms. The highest BCUT2D eigenvalue weighted by Crippen LogP contribution is 2.36. The van der Waals surface area contributed by atoms with Crippen molar-refractivity contribution in [1.29, 1.82) is 0 Å². The summed E-state index contributed by atoms with van der Waals surface area (Å²) in [4.78, 5) is 7.01. The second-order valence-electron chi connectivity index (χ2n) is 5.05. The zero-order valence-corrected chi connectivity index (χ0v) is 10.8. The van der Waals surface area contributed by atoms with Gasteiger partial charge in [-0.2, -0.15) is 0 Å². The number of fused-ring (bicyclic) bond motifs is 3. The lowest BCUT2D eigenvalue weighted by atomic mass is 10.1. The monoisotopic (exact) mass is 249 g/mol. The summed E-state index contributed by atoms with van der Waals surface area (Å²) in [6, 6.07) is 19.4. The summed E-state index contributed by atoms with van der Waals surface area (Å²) < 4.78 is 2.31. The molecule has 4 rings (SSSR count). The van der Waals surface area contributed by atoms with Gasteiger partial charge < -0.3 is 9.47 Å². The fourth-order valence-corrected chi connectivity index (χ4v) is 2.95. The van der Waals surface area contributed by atoms with Crippen LogP contribution in [-0.2, 0) is 6.54 Å². The molecule has 3 heteroatoms. The normalized spacial score (nSPS) is 17.9. The topological polar surface area (TPSA) is 21.1 Å². The number of hydrogen-bond acceptors (Lipinski definition) is 2. The lowest BCUT2D eigenvalue weighted by Crippen LogP contribution is -2.20. The summed E-state index contributed by atoms with van der Waals surface area (Å²) in [6.45, 7) is 0.969. The molecular weight excluding hydrogens is 234 g/mol. The van der Waals surface area contributed by atoms with Gasteiger partial charge in [0.05, 0.1) is 23.6 Å². The van der Waals surface area contributed by atoms with Gasteiger partial charge in [0.25, 0.3) is 0 Å². The van der Waals surface area contributed by atoms with Crippen molar-refractivity contribution >= 4 is 17.0 Å². The van der Waals surface area contributed by atoms with Crippen LogP contribution in [0, 0.1) is 0 Å². The van der Waals surface area contributed by atoms with Crippen LogP contribution in [0.1, 0.15) is 11.6 Å². The molecular formula is C16H15N3. The Kier molecular flexibility index (Phi) is 2.15. The Labute approximate surface area is 112 Å². The molecule has 1 aliphatic rings. The molecule has 1 aromatic heterocycles. The van der Waals surface area contributed by atoms with Crippen molar-refractivity contribution in [3.8, 4) is 0 Å². The summed E-state index contributed by atoms with van der Waals surface area (Å²) in [5.41, 5.74) is 3.65. The first-order chi connectivity index (χ1) is 9.34. The van der Waals surface area contributed by atoms with Crippen LogP contribution < -0.4 is 4.90 Å². The number of imidazole rings is 1. The standard InChI is InChI=1S/C16H15N3/c1-18-15(12-7-3-2-4-8-12)11-19-14-10-6-5-9-13(14)17-16(18)19/h2-10,15H,11H2,1H3. The van der Waals surface area contributed by atoms with Gasteiger partial charge in [-0.05, 0) is 17.7 Å². The van der Waals surface area contributed by atoms with Crippen LogP contribution in [0.25, 0.3) is 11.0 Å². The van der Waals surface area contributed by atoms with Crippen molar-refractivity contribution in [2.75, 3.05) is 11.9 Å². The van der Waals surface area contributed by atoms with Gasteiger partial charge in [0.15, 0.2) is 0 Å². The smallest absolute Gasteiger partial charge is 0.206 e. The molecule has 94 valence electrons. The molecule has 2 heterocycles. The number of para-hydroxylation sites is 2. The molecule has 0 saturated heterocycles. The van der Waals surface area contributed by atoms with Crippen molar-refractivity contribution in [2.24, 2.45) is 0 Å². The molecule has 1 aliphatic heterocycles. The van der Waals surface area contributed by atoms with Crippen molar-refractivity contribution in [3.63, 3.8) is 0 Å². The van der Waals surface area contributed by atoms with E-state index in [1.165, 1.54) is 11.1 Å². The van der Waals surface area contributed by atoms with Gasteiger partial charge in [0.1, 0.15) is 0 Å². The molecule has 0 fully saturated rings.